The summed E-state index contributed by atoms with van der Waals surface area (Å²) in [6, 6.07) is 0. The lowest BCUT2D eigenvalue weighted by Crippen LogP contribution is -2.38. The number of hydrogen-bond donors (Lipinski definition) is 1. The highest BCUT2D eigenvalue weighted by Crippen LogP contribution is 2.13. The van der Waals surface area contributed by atoms with Crippen molar-refractivity contribution in [2.45, 2.75) is 91.1 Å². The number of amides is 1. The monoisotopic (exact) mass is 329 g/mol. The normalized spacial score (nSPS) is 11.3. The molecule has 0 fully saturated rings. The summed E-state index contributed by atoms with van der Waals surface area (Å²) in [5, 5.41) is 8.81. The van der Waals surface area contributed by atoms with Crippen LogP contribution in [0.1, 0.15) is 85.5 Å². The number of aliphatic carboxylic acids is 1. The third-order valence-corrected chi connectivity index (χ3v) is 3.53. The number of carbonyl (C=O) groups is 2. The Morgan fingerprint density at radius 1 is 0.913 bits per heavy atom. The molecule has 0 aliphatic heterocycles. The van der Waals surface area contributed by atoms with Crippen molar-refractivity contribution in [3.63, 3.8) is 0 Å². The first-order chi connectivity index (χ1) is 10.8. The molecule has 0 aliphatic carbocycles. The number of rotatable bonds is 12. The summed E-state index contributed by atoms with van der Waals surface area (Å²) in [7, 11) is 0. The number of ether oxygens (including phenoxy) is 1. The number of unbranched alkanes of at least 4 members (excludes halogenated alkanes) is 7. The van der Waals surface area contributed by atoms with Crippen molar-refractivity contribution in [1.82, 2.24) is 4.90 Å². The van der Waals surface area contributed by atoms with Crippen molar-refractivity contribution in [3.05, 3.63) is 0 Å². The van der Waals surface area contributed by atoms with Gasteiger partial charge in [0, 0.05) is 13.1 Å². The molecule has 0 spiro atoms. The predicted molar refractivity (Wildman–Crippen MR) is 92.7 cm³/mol. The van der Waals surface area contributed by atoms with Crippen LogP contribution in [-0.2, 0) is 9.53 Å². The zero-order valence-electron chi connectivity index (χ0n) is 15.4. The molecule has 0 aromatic heterocycles. The standard InChI is InChI=1S/C18H35NO4/c1-5-6-7-8-9-10-11-12-14-19(15-13-16(20)21)17(22)23-18(2,3)4/h5-15H2,1-4H3,(H,20,21). The van der Waals surface area contributed by atoms with E-state index < -0.39 is 17.7 Å². The summed E-state index contributed by atoms with van der Waals surface area (Å²) >= 11 is 0. The minimum Gasteiger partial charge on any atom is -0.481 e. The average molecular weight is 329 g/mol. The minimum atomic E-state index is -0.894. The molecule has 23 heavy (non-hydrogen) atoms. The Kier molecular flexibility index (Phi) is 11.5. The van der Waals surface area contributed by atoms with Gasteiger partial charge in [-0.15, -0.1) is 0 Å². The summed E-state index contributed by atoms with van der Waals surface area (Å²) in [5.74, 6) is -0.894. The fraction of sp³-hybridized carbons (Fsp3) is 0.889. The highest BCUT2D eigenvalue weighted by molar-refractivity contribution is 5.70. The van der Waals surface area contributed by atoms with E-state index in [1.165, 1.54) is 43.4 Å². The van der Waals surface area contributed by atoms with Gasteiger partial charge in [-0.1, -0.05) is 51.9 Å². The van der Waals surface area contributed by atoms with E-state index in [1.807, 2.05) is 20.8 Å². The van der Waals surface area contributed by atoms with Crippen LogP contribution in [0.15, 0.2) is 0 Å². The zero-order chi connectivity index (χ0) is 17.7. The van der Waals surface area contributed by atoms with Crippen molar-refractivity contribution >= 4 is 12.1 Å². The van der Waals surface area contributed by atoms with Gasteiger partial charge in [0.15, 0.2) is 0 Å². The lowest BCUT2D eigenvalue weighted by molar-refractivity contribution is -0.137. The van der Waals surface area contributed by atoms with Crippen LogP contribution in [0.3, 0.4) is 0 Å². The minimum absolute atomic E-state index is 0.0454. The zero-order valence-corrected chi connectivity index (χ0v) is 15.4. The van der Waals surface area contributed by atoms with Crippen molar-refractivity contribution in [2.24, 2.45) is 0 Å². The van der Waals surface area contributed by atoms with Crippen LogP contribution in [0.4, 0.5) is 4.79 Å². The maximum absolute atomic E-state index is 12.1. The summed E-state index contributed by atoms with van der Waals surface area (Å²) < 4.78 is 5.35. The summed E-state index contributed by atoms with van der Waals surface area (Å²) in [6.45, 7) is 8.43. The molecule has 0 bridgehead atoms. The molecule has 0 heterocycles. The van der Waals surface area contributed by atoms with E-state index in [1.54, 1.807) is 0 Å². The van der Waals surface area contributed by atoms with Crippen molar-refractivity contribution in [2.75, 3.05) is 13.1 Å². The maximum Gasteiger partial charge on any atom is 0.410 e. The molecule has 5 nitrogen and oxygen atoms in total. The van der Waals surface area contributed by atoms with Crippen molar-refractivity contribution in [1.29, 1.82) is 0 Å². The van der Waals surface area contributed by atoms with Crippen LogP contribution < -0.4 is 0 Å². The van der Waals surface area contributed by atoms with Crippen LogP contribution in [0.5, 0.6) is 0 Å². The van der Waals surface area contributed by atoms with E-state index in [-0.39, 0.29) is 13.0 Å². The predicted octanol–water partition coefficient (Wildman–Crippen LogP) is 4.84. The van der Waals surface area contributed by atoms with Crippen molar-refractivity contribution < 1.29 is 19.4 Å². The van der Waals surface area contributed by atoms with Gasteiger partial charge >= 0.3 is 12.1 Å². The molecular formula is C18H35NO4. The SMILES string of the molecule is CCCCCCCCCCN(CCC(=O)O)C(=O)OC(C)(C)C. The average Bonchev–Trinajstić information content (AvgIpc) is 2.42. The Hall–Kier alpha value is -1.26. The van der Waals surface area contributed by atoms with E-state index in [9.17, 15) is 9.59 Å². The van der Waals surface area contributed by atoms with Gasteiger partial charge in [0.05, 0.1) is 6.42 Å². The molecule has 5 heteroatoms. The van der Waals surface area contributed by atoms with Crippen LogP contribution in [0, 0.1) is 0 Å². The van der Waals surface area contributed by atoms with Crippen LogP contribution in [-0.4, -0.2) is 40.8 Å². The lowest BCUT2D eigenvalue weighted by Gasteiger charge is -2.27. The molecule has 0 unspecified atom stereocenters. The van der Waals surface area contributed by atoms with Gasteiger partial charge in [-0.3, -0.25) is 4.79 Å². The molecule has 0 atom stereocenters. The Morgan fingerprint density at radius 2 is 1.43 bits per heavy atom. The van der Waals surface area contributed by atoms with Crippen LogP contribution in [0.25, 0.3) is 0 Å². The number of hydrogen-bond acceptors (Lipinski definition) is 3. The number of carboxylic acids is 1. The summed E-state index contributed by atoms with van der Waals surface area (Å²) in [4.78, 5) is 24.4. The first-order valence-corrected chi connectivity index (χ1v) is 8.96. The first-order valence-electron chi connectivity index (χ1n) is 8.96. The third kappa shape index (κ3) is 14.1. The molecule has 0 radical (unpaired) electrons. The van der Waals surface area contributed by atoms with Gasteiger partial charge in [0.2, 0.25) is 0 Å². The molecule has 1 N–H and O–H groups in total. The van der Waals surface area contributed by atoms with Gasteiger partial charge in [-0.05, 0) is 27.2 Å². The molecule has 1 amide bonds. The van der Waals surface area contributed by atoms with Crippen LogP contribution in [0.2, 0.25) is 0 Å². The topological polar surface area (TPSA) is 66.8 Å². The maximum atomic E-state index is 12.1. The molecule has 0 aromatic carbocycles. The van der Waals surface area contributed by atoms with E-state index in [2.05, 4.69) is 6.92 Å². The Labute approximate surface area is 141 Å². The van der Waals surface area contributed by atoms with Crippen molar-refractivity contribution in [3.8, 4) is 0 Å². The second-order valence-electron chi connectivity index (χ2n) is 7.09. The molecule has 0 aromatic rings. The highest BCUT2D eigenvalue weighted by Gasteiger charge is 2.22. The molecule has 136 valence electrons. The summed E-state index contributed by atoms with van der Waals surface area (Å²) in [6.07, 6.45) is 9.06. The quantitative estimate of drug-likeness (QED) is 0.520. The van der Waals surface area contributed by atoms with Gasteiger partial charge < -0.3 is 14.7 Å². The van der Waals surface area contributed by atoms with Gasteiger partial charge in [-0.2, -0.15) is 0 Å². The Bertz CT molecular complexity index is 336. The van der Waals surface area contributed by atoms with E-state index in [0.29, 0.717) is 6.54 Å². The molecule has 0 saturated carbocycles. The second kappa shape index (κ2) is 12.2. The Morgan fingerprint density at radius 3 is 1.91 bits per heavy atom. The Balaban J connectivity index is 4.06. The van der Waals surface area contributed by atoms with Gasteiger partial charge in [0.25, 0.3) is 0 Å². The first kappa shape index (κ1) is 21.7. The number of carbonyl (C=O) groups excluding carboxylic acids is 1. The van der Waals surface area contributed by atoms with E-state index in [4.69, 9.17) is 9.84 Å². The van der Waals surface area contributed by atoms with E-state index >= 15 is 0 Å². The third-order valence-electron chi connectivity index (χ3n) is 3.53. The molecule has 0 rings (SSSR count). The van der Waals surface area contributed by atoms with Gasteiger partial charge in [0.1, 0.15) is 5.60 Å². The number of carboxylic acid groups (broad SMARTS) is 1. The van der Waals surface area contributed by atoms with Crippen LogP contribution >= 0.6 is 0 Å². The fourth-order valence-corrected chi connectivity index (χ4v) is 2.29. The molecular weight excluding hydrogens is 294 g/mol. The second-order valence-corrected chi connectivity index (χ2v) is 7.09. The fourth-order valence-electron chi connectivity index (χ4n) is 2.29. The number of nitrogens with zero attached hydrogens (tertiary/aromatic N) is 1. The van der Waals surface area contributed by atoms with E-state index in [0.717, 1.165) is 12.8 Å². The molecule has 0 saturated heterocycles. The highest BCUT2D eigenvalue weighted by atomic mass is 16.6. The molecule has 0 aliphatic rings. The largest absolute Gasteiger partial charge is 0.481 e. The smallest absolute Gasteiger partial charge is 0.410 e. The summed E-state index contributed by atoms with van der Waals surface area (Å²) in [5.41, 5.74) is -0.558. The van der Waals surface area contributed by atoms with Gasteiger partial charge in [-0.25, -0.2) is 4.79 Å². The lowest BCUT2D eigenvalue weighted by atomic mass is 10.1.